The van der Waals surface area contributed by atoms with E-state index in [1.807, 2.05) is 18.2 Å². The van der Waals surface area contributed by atoms with E-state index in [9.17, 15) is 0 Å². The molecule has 110 valence electrons. The van der Waals surface area contributed by atoms with Gasteiger partial charge < -0.3 is 9.47 Å². The van der Waals surface area contributed by atoms with Crippen LogP contribution in [0.1, 0.15) is 44.1 Å². The summed E-state index contributed by atoms with van der Waals surface area (Å²) < 4.78 is 13.3. The first-order valence-corrected chi connectivity index (χ1v) is 8.69. The zero-order chi connectivity index (χ0) is 14.0. The molecule has 2 fully saturated rings. The summed E-state index contributed by atoms with van der Waals surface area (Å²) in [5.74, 6) is 1.40. The predicted molar refractivity (Wildman–Crippen MR) is 84.5 cm³/mol. The first kappa shape index (κ1) is 14.7. The molecule has 1 saturated carbocycles. The molecule has 1 aliphatic heterocycles. The fourth-order valence-electron chi connectivity index (χ4n) is 3.40. The highest BCUT2D eigenvalue weighted by Crippen LogP contribution is 2.41. The van der Waals surface area contributed by atoms with Crippen molar-refractivity contribution >= 4 is 27.5 Å². The standard InChI is InChI=1S/C16H20BrClO2/c17-13-3-4-15(12(9-13)11-18)20-14-5-8-19-16(10-14)6-1-2-7-16/h3-4,9,14H,1-2,5-8,10-11H2. The first-order valence-electron chi connectivity index (χ1n) is 7.36. The van der Waals surface area contributed by atoms with Gasteiger partial charge in [0.25, 0.3) is 0 Å². The van der Waals surface area contributed by atoms with E-state index in [0.717, 1.165) is 35.2 Å². The Morgan fingerprint density at radius 2 is 2.15 bits per heavy atom. The van der Waals surface area contributed by atoms with Crippen LogP contribution in [0.5, 0.6) is 5.75 Å². The molecule has 20 heavy (non-hydrogen) atoms. The van der Waals surface area contributed by atoms with E-state index in [1.54, 1.807) is 0 Å². The number of benzene rings is 1. The Morgan fingerprint density at radius 3 is 2.90 bits per heavy atom. The van der Waals surface area contributed by atoms with Gasteiger partial charge in [-0.3, -0.25) is 0 Å². The molecule has 1 aliphatic carbocycles. The third-order valence-corrected chi connectivity index (χ3v) is 5.20. The summed E-state index contributed by atoms with van der Waals surface area (Å²) >= 11 is 9.49. The lowest BCUT2D eigenvalue weighted by molar-refractivity contribution is -0.108. The minimum Gasteiger partial charge on any atom is -0.490 e. The van der Waals surface area contributed by atoms with Gasteiger partial charge >= 0.3 is 0 Å². The van der Waals surface area contributed by atoms with Crippen LogP contribution < -0.4 is 4.74 Å². The molecule has 1 unspecified atom stereocenters. The van der Waals surface area contributed by atoms with Gasteiger partial charge in [0.05, 0.1) is 18.1 Å². The zero-order valence-corrected chi connectivity index (χ0v) is 13.9. The Morgan fingerprint density at radius 1 is 1.35 bits per heavy atom. The monoisotopic (exact) mass is 358 g/mol. The number of hydrogen-bond acceptors (Lipinski definition) is 2. The second-order valence-electron chi connectivity index (χ2n) is 5.86. The molecule has 1 aromatic carbocycles. The minimum atomic E-state index is 0.0966. The SMILES string of the molecule is ClCc1cc(Br)ccc1OC1CCOC2(CCCC2)C1. The summed E-state index contributed by atoms with van der Waals surface area (Å²) in [6, 6.07) is 6.06. The number of hydrogen-bond donors (Lipinski definition) is 0. The highest BCUT2D eigenvalue weighted by molar-refractivity contribution is 9.10. The molecule has 1 aromatic rings. The Kier molecular flexibility index (Phi) is 4.58. The zero-order valence-electron chi connectivity index (χ0n) is 11.5. The van der Waals surface area contributed by atoms with Crippen LogP contribution in [0.25, 0.3) is 0 Å². The second kappa shape index (κ2) is 6.25. The Labute approximate surface area is 133 Å². The van der Waals surface area contributed by atoms with Crippen molar-refractivity contribution in [2.45, 2.75) is 56.1 Å². The molecular weight excluding hydrogens is 340 g/mol. The minimum absolute atomic E-state index is 0.0966. The van der Waals surface area contributed by atoms with E-state index in [-0.39, 0.29) is 11.7 Å². The summed E-state index contributed by atoms with van der Waals surface area (Å²) in [4.78, 5) is 0. The topological polar surface area (TPSA) is 18.5 Å². The van der Waals surface area contributed by atoms with Crippen molar-refractivity contribution in [3.63, 3.8) is 0 Å². The Balaban J connectivity index is 1.71. The highest BCUT2D eigenvalue weighted by Gasteiger charge is 2.40. The molecule has 1 spiro atoms. The van der Waals surface area contributed by atoms with Crippen LogP contribution in [0, 0.1) is 0 Å². The number of ether oxygens (including phenoxy) is 2. The fourth-order valence-corrected chi connectivity index (χ4v) is 4.02. The maximum atomic E-state index is 6.23. The fraction of sp³-hybridized carbons (Fsp3) is 0.625. The maximum Gasteiger partial charge on any atom is 0.124 e. The lowest BCUT2D eigenvalue weighted by atomic mass is 9.90. The third kappa shape index (κ3) is 3.15. The quantitative estimate of drug-likeness (QED) is 0.702. The summed E-state index contributed by atoms with van der Waals surface area (Å²) in [6.45, 7) is 0.817. The van der Waals surface area contributed by atoms with Crippen molar-refractivity contribution in [3.8, 4) is 5.75 Å². The van der Waals surface area contributed by atoms with Crippen LogP contribution in [-0.2, 0) is 10.6 Å². The van der Waals surface area contributed by atoms with Gasteiger partial charge in [0.2, 0.25) is 0 Å². The van der Waals surface area contributed by atoms with Crippen LogP contribution in [0.15, 0.2) is 22.7 Å². The van der Waals surface area contributed by atoms with Gasteiger partial charge in [0, 0.05) is 22.9 Å². The third-order valence-electron chi connectivity index (χ3n) is 4.42. The molecular formula is C16H20BrClO2. The van der Waals surface area contributed by atoms with Gasteiger partial charge in [-0.05, 0) is 31.0 Å². The first-order chi connectivity index (χ1) is 9.71. The molecule has 0 amide bonds. The van der Waals surface area contributed by atoms with Crippen LogP contribution in [0.4, 0.5) is 0 Å². The van der Waals surface area contributed by atoms with E-state index in [0.29, 0.717) is 5.88 Å². The molecule has 0 N–H and O–H groups in total. The predicted octanol–water partition coefficient (Wildman–Crippen LogP) is 5.06. The average molecular weight is 360 g/mol. The molecule has 4 heteroatoms. The molecule has 1 saturated heterocycles. The molecule has 0 aromatic heterocycles. The van der Waals surface area contributed by atoms with Crippen LogP contribution in [-0.4, -0.2) is 18.3 Å². The Hall–Kier alpha value is -0.250. The van der Waals surface area contributed by atoms with Gasteiger partial charge in [0.15, 0.2) is 0 Å². The van der Waals surface area contributed by atoms with Gasteiger partial charge in [-0.15, -0.1) is 11.6 Å². The molecule has 1 heterocycles. The molecule has 2 aliphatic rings. The lowest BCUT2D eigenvalue weighted by Gasteiger charge is -2.38. The van der Waals surface area contributed by atoms with Gasteiger partial charge in [0.1, 0.15) is 11.9 Å². The van der Waals surface area contributed by atoms with Crippen molar-refractivity contribution in [1.82, 2.24) is 0 Å². The molecule has 0 bridgehead atoms. The summed E-state index contributed by atoms with van der Waals surface area (Å²) in [5, 5.41) is 0. The lowest BCUT2D eigenvalue weighted by Crippen LogP contribution is -2.41. The normalized spacial score (nSPS) is 25.0. The molecule has 0 radical (unpaired) electrons. The van der Waals surface area contributed by atoms with Gasteiger partial charge in [-0.25, -0.2) is 0 Å². The van der Waals surface area contributed by atoms with Crippen molar-refractivity contribution < 1.29 is 9.47 Å². The maximum absolute atomic E-state index is 6.23. The van der Waals surface area contributed by atoms with Crippen LogP contribution in [0.2, 0.25) is 0 Å². The number of halogens is 2. The number of rotatable bonds is 3. The van der Waals surface area contributed by atoms with E-state index in [2.05, 4.69) is 15.9 Å². The highest BCUT2D eigenvalue weighted by atomic mass is 79.9. The van der Waals surface area contributed by atoms with Crippen LogP contribution >= 0.6 is 27.5 Å². The molecule has 1 atom stereocenters. The largest absolute Gasteiger partial charge is 0.490 e. The second-order valence-corrected chi connectivity index (χ2v) is 7.04. The van der Waals surface area contributed by atoms with Crippen molar-refractivity contribution in [3.05, 3.63) is 28.2 Å². The van der Waals surface area contributed by atoms with Crippen molar-refractivity contribution in [2.24, 2.45) is 0 Å². The van der Waals surface area contributed by atoms with E-state index >= 15 is 0 Å². The van der Waals surface area contributed by atoms with Gasteiger partial charge in [-0.2, -0.15) is 0 Å². The number of alkyl halides is 1. The Bertz CT molecular complexity index is 472. The van der Waals surface area contributed by atoms with Crippen molar-refractivity contribution in [2.75, 3.05) is 6.61 Å². The summed E-state index contributed by atoms with van der Waals surface area (Å²) in [6.07, 6.45) is 7.20. The van der Waals surface area contributed by atoms with Gasteiger partial charge in [-0.1, -0.05) is 28.8 Å². The average Bonchev–Trinajstić information content (AvgIpc) is 2.89. The molecule has 2 nitrogen and oxygen atoms in total. The molecule has 3 rings (SSSR count). The summed E-state index contributed by atoms with van der Waals surface area (Å²) in [5.41, 5.74) is 1.15. The van der Waals surface area contributed by atoms with Crippen LogP contribution in [0.3, 0.4) is 0 Å². The van der Waals surface area contributed by atoms with E-state index < -0.39 is 0 Å². The van der Waals surface area contributed by atoms with E-state index in [4.69, 9.17) is 21.1 Å². The smallest absolute Gasteiger partial charge is 0.124 e. The summed E-state index contributed by atoms with van der Waals surface area (Å²) in [7, 11) is 0. The van der Waals surface area contributed by atoms with Crippen molar-refractivity contribution in [1.29, 1.82) is 0 Å². The van der Waals surface area contributed by atoms with E-state index in [1.165, 1.54) is 25.7 Å².